The van der Waals surface area contributed by atoms with Gasteiger partial charge in [-0.1, -0.05) is 13.8 Å². The Balaban J connectivity index is 0.00000484. The summed E-state index contributed by atoms with van der Waals surface area (Å²) in [6, 6.07) is 0.225. The lowest BCUT2D eigenvalue weighted by molar-refractivity contribution is -0.121. The van der Waals surface area contributed by atoms with E-state index in [2.05, 4.69) is 39.8 Å². The lowest BCUT2D eigenvalue weighted by Gasteiger charge is -2.13. The van der Waals surface area contributed by atoms with Crippen LogP contribution < -0.4 is 16.0 Å². The van der Waals surface area contributed by atoms with Crippen LogP contribution in [0.4, 0.5) is 0 Å². The molecule has 0 fully saturated rings. The highest BCUT2D eigenvalue weighted by Gasteiger charge is 2.06. The van der Waals surface area contributed by atoms with Crippen molar-refractivity contribution in [2.24, 2.45) is 4.99 Å². The van der Waals surface area contributed by atoms with E-state index in [9.17, 15) is 4.79 Å². The van der Waals surface area contributed by atoms with Crippen molar-refractivity contribution in [3.05, 3.63) is 16.1 Å². The van der Waals surface area contributed by atoms with E-state index in [0.717, 1.165) is 17.8 Å². The third-order valence-corrected chi connectivity index (χ3v) is 4.39. The molecule has 0 saturated heterocycles. The molecule has 1 unspecified atom stereocenters. The molecule has 1 heterocycles. The molecule has 0 saturated carbocycles. The summed E-state index contributed by atoms with van der Waals surface area (Å²) in [5, 5.41) is 10.3. The minimum Gasteiger partial charge on any atom is -0.356 e. The van der Waals surface area contributed by atoms with E-state index in [1.807, 2.05) is 13.1 Å². The summed E-state index contributed by atoms with van der Waals surface area (Å²) in [5.74, 6) is 0.745. The molecule has 0 spiro atoms. The van der Waals surface area contributed by atoms with E-state index < -0.39 is 0 Å². The number of amides is 1. The fourth-order valence-electron chi connectivity index (χ4n) is 1.72. The largest absolute Gasteiger partial charge is 0.356 e. The number of carbonyl (C=O) groups is 1. The Labute approximate surface area is 160 Å². The number of halogens is 1. The Kier molecular flexibility index (Phi) is 12.0. The lowest BCUT2D eigenvalue weighted by atomic mass is 10.2. The number of nitrogens with zero attached hydrogens (tertiary/aromatic N) is 2. The van der Waals surface area contributed by atoms with E-state index in [-0.39, 0.29) is 35.9 Å². The minimum atomic E-state index is 0. The molecule has 0 aromatic carbocycles. The zero-order valence-electron chi connectivity index (χ0n) is 14.3. The van der Waals surface area contributed by atoms with E-state index in [4.69, 9.17) is 0 Å². The summed E-state index contributed by atoms with van der Waals surface area (Å²) >= 11 is 1.70. The van der Waals surface area contributed by atoms with Gasteiger partial charge in [-0.25, -0.2) is 4.98 Å². The number of thiazole rings is 1. The number of hydrogen-bond donors (Lipinski definition) is 3. The number of aryl methyl sites for hydroxylation is 1. The zero-order valence-corrected chi connectivity index (χ0v) is 17.5. The van der Waals surface area contributed by atoms with Gasteiger partial charge in [0.2, 0.25) is 5.91 Å². The van der Waals surface area contributed by atoms with Crippen LogP contribution in [0.5, 0.6) is 0 Å². The molecule has 0 bridgehead atoms. The average molecular weight is 453 g/mol. The zero-order chi connectivity index (χ0) is 16.4. The molecule has 132 valence electrons. The van der Waals surface area contributed by atoms with Gasteiger partial charge in [0.15, 0.2) is 5.96 Å². The van der Waals surface area contributed by atoms with Gasteiger partial charge in [-0.15, -0.1) is 35.3 Å². The van der Waals surface area contributed by atoms with Gasteiger partial charge in [0, 0.05) is 37.1 Å². The van der Waals surface area contributed by atoms with Crippen molar-refractivity contribution in [3.63, 3.8) is 0 Å². The standard InChI is InChI=1S/C15H27N5OS.HI/c1-5-11(3)20-13(21)7-8-17-15(16-4)19-10-14-18-9-12(6-2)22-14;/h9,11H,5-8,10H2,1-4H3,(H,20,21)(H2,16,17,19);1H. The smallest absolute Gasteiger partial charge is 0.221 e. The van der Waals surface area contributed by atoms with Crippen molar-refractivity contribution in [3.8, 4) is 0 Å². The highest BCUT2D eigenvalue weighted by molar-refractivity contribution is 14.0. The van der Waals surface area contributed by atoms with E-state index in [0.29, 0.717) is 25.5 Å². The molecule has 23 heavy (non-hydrogen) atoms. The maximum atomic E-state index is 11.7. The number of guanidine groups is 1. The van der Waals surface area contributed by atoms with Crippen LogP contribution >= 0.6 is 35.3 Å². The first-order chi connectivity index (χ1) is 10.6. The third kappa shape index (κ3) is 9.09. The van der Waals surface area contributed by atoms with Crippen molar-refractivity contribution in [2.75, 3.05) is 13.6 Å². The predicted octanol–water partition coefficient (Wildman–Crippen LogP) is 2.29. The minimum absolute atomic E-state index is 0. The fourth-order valence-corrected chi connectivity index (χ4v) is 2.52. The third-order valence-electron chi connectivity index (χ3n) is 3.24. The monoisotopic (exact) mass is 453 g/mol. The summed E-state index contributed by atoms with van der Waals surface area (Å²) in [6.07, 6.45) is 4.30. The molecule has 3 N–H and O–H groups in total. The summed E-state index contributed by atoms with van der Waals surface area (Å²) < 4.78 is 0. The first-order valence-corrected chi connectivity index (χ1v) is 8.58. The van der Waals surface area contributed by atoms with E-state index in [1.54, 1.807) is 18.4 Å². The number of aliphatic imine (C=N–C) groups is 1. The second-order valence-electron chi connectivity index (χ2n) is 5.05. The van der Waals surface area contributed by atoms with Crippen molar-refractivity contribution in [1.82, 2.24) is 20.9 Å². The van der Waals surface area contributed by atoms with Gasteiger partial charge in [0.1, 0.15) is 5.01 Å². The molecular formula is C15H28IN5OS. The number of nitrogens with one attached hydrogen (secondary N) is 3. The Bertz CT molecular complexity index is 492. The molecule has 1 rings (SSSR count). The Morgan fingerprint density at radius 2 is 2.13 bits per heavy atom. The van der Waals surface area contributed by atoms with Gasteiger partial charge in [-0.2, -0.15) is 0 Å². The highest BCUT2D eigenvalue weighted by Crippen LogP contribution is 2.12. The van der Waals surface area contributed by atoms with E-state index in [1.165, 1.54) is 4.88 Å². The van der Waals surface area contributed by atoms with Crippen molar-refractivity contribution in [2.45, 2.75) is 52.6 Å². The summed E-state index contributed by atoms with van der Waals surface area (Å²) in [4.78, 5) is 21.5. The normalized spacial score (nSPS) is 12.3. The van der Waals surface area contributed by atoms with Gasteiger partial charge in [-0.3, -0.25) is 9.79 Å². The Hall–Kier alpha value is -0.900. The topological polar surface area (TPSA) is 78.4 Å². The van der Waals surface area contributed by atoms with Crippen molar-refractivity contribution < 1.29 is 4.79 Å². The van der Waals surface area contributed by atoms with Crippen LogP contribution in [-0.4, -0.2) is 36.5 Å². The number of hydrogen-bond acceptors (Lipinski definition) is 4. The quantitative estimate of drug-likeness (QED) is 0.321. The van der Waals surface area contributed by atoms with Crippen LogP contribution in [0.25, 0.3) is 0 Å². The Morgan fingerprint density at radius 1 is 1.39 bits per heavy atom. The predicted molar refractivity (Wildman–Crippen MR) is 108 cm³/mol. The lowest BCUT2D eigenvalue weighted by Crippen LogP contribution is -2.40. The fraction of sp³-hybridized carbons (Fsp3) is 0.667. The molecule has 0 aliphatic heterocycles. The average Bonchev–Trinajstić information content (AvgIpc) is 2.98. The van der Waals surface area contributed by atoms with Crippen LogP contribution in [0.1, 0.15) is 43.5 Å². The second-order valence-corrected chi connectivity index (χ2v) is 6.25. The molecule has 1 amide bonds. The molecule has 1 atom stereocenters. The van der Waals surface area contributed by atoms with Gasteiger partial charge < -0.3 is 16.0 Å². The van der Waals surface area contributed by atoms with E-state index >= 15 is 0 Å². The first-order valence-electron chi connectivity index (χ1n) is 7.76. The van der Waals surface area contributed by atoms with Crippen molar-refractivity contribution in [1.29, 1.82) is 0 Å². The van der Waals surface area contributed by atoms with Crippen LogP contribution in [-0.2, 0) is 17.8 Å². The van der Waals surface area contributed by atoms with Crippen molar-refractivity contribution >= 4 is 47.2 Å². The maximum absolute atomic E-state index is 11.7. The SMILES string of the molecule is CCc1cnc(CNC(=NC)NCCC(=O)NC(C)CC)s1.I. The molecule has 8 heteroatoms. The second kappa shape index (κ2) is 12.5. The Morgan fingerprint density at radius 3 is 2.70 bits per heavy atom. The summed E-state index contributed by atoms with van der Waals surface area (Å²) in [5.41, 5.74) is 0. The number of carbonyl (C=O) groups excluding carboxylic acids is 1. The van der Waals surface area contributed by atoms with Crippen LogP contribution in [0, 0.1) is 0 Å². The van der Waals surface area contributed by atoms with Crippen LogP contribution in [0.2, 0.25) is 0 Å². The number of aromatic nitrogens is 1. The van der Waals surface area contributed by atoms with Crippen LogP contribution in [0.3, 0.4) is 0 Å². The highest BCUT2D eigenvalue weighted by atomic mass is 127. The van der Waals surface area contributed by atoms with Gasteiger partial charge in [0.25, 0.3) is 0 Å². The molecule has 0 radical (unpaired) electrons. The van der Waals surface area contributed by atoms with Crippen LogP contribution in [0.15, 0.2) is 11.2 Å². The van der Waals surface area contributed by atoms with Gasteiger partial charge in [-0.05, 0) is 19.8 Å². The molecule has 0 aliphatic carbocycles. The molecule has 1 aromatic rings. The first kappa shape index (κ1) is 22.1. The van der Waals surface area contributed by atoms with Gasteiger partial charge >= 0.3 is 0 Å². The number of rotatable bonds is 8. The molecule has 1 aromatic heterocycles. The summed E-state index contributed by atoms with van der Waals surface area (Å²) in [7, 11) is 1.72. The van der Waals surface area contributed by atoms with Gasteiger partial charge in [0.05, 0.1) is 6.54 Å². The molecule has 6 nitrogen and oxygen atoms in total. The molecule has 0 aliphatic rings. The maximum Gasteiger partial charge on any atom is 0.221 e. The molecular weight excluding hydrogens is 425 g/mol. The summed E-state index contributed by atoms with van der Waals surface area (Å²) in [6.45, 7) is 7.38.